The van der Waals surface area contributed by atoms with E-state index in [2.05, 4.69) is 4.90 Å². The van der Waals surface area contributed by atoms with Crippen LogP contribution in [-0.4, -0.2) is 53.9 Å². The van der Waals surface area contributed by atoms with E-state index in [-0.39, 0.29) is 12.7 Å². The molecule has 1 heterocycles. The van der Waals surface area contributed by atoms with Gasteiger partial charge in [0.1, 0.15) is 0 Å². The molecule has 0 radical (unpaired) electrons. The van der Waals surface area contributed by atoms with Crippen LogP contribution in [0.3, 0.4) is 0 Å². The van der Waals surface area contributed by atoms with Crippen LogP contribution in [0.4, 0.5) is 0 Å². The Balaban J connectivity index is 2.14. The minimum atomic E-state index is -0.0198. The highest BCUT2D eigenvalue weighted by atomic mass is 32.1. The molecule has 1 unspecified atom stereocenters. The second-order valence-electron chi connectivity index (χ2n) is 3.55. The molecule has 1 aliphatic rings. The fraction of sp³-hybridized carbons (Fsp3) is 0.889. The van der Waals surface area contributed by atoms with Gasteiger partial charge in [-0.15, -0.1) is 0 Å². The van der Waals surface area contributed by atoms with E-state index in [1.807, 2.05) is 0 Å². The first kappa shape index (κ1) is 11.8. The first-order chi connectivity index (χ1) is 6.72. The number of rotatable bonds is 5. The van der Waals surface area contributed by atoms with Crippen LogP contribution in [0.25, 0.3) is 0 Å². The zero-order valence-electron chi connectivity index (χ0n) is 8.32. The lowest BCUT2D eigenvalue weighted by Gasteiger charge is -2.31. The minimum Gasteiger partial charge on any atom is -0.394 e. The van der Waals surface area contributed by atoms with E-state index in [9.17, 15) is 0 Å². The lowest BCUT2D eigenvalue weighted by atomic mass is 10.2. The Kier molecular flexibility index (Phi) is 5.32. The van der Waals surface area contributed by atoms with Crippen LogP contribution in [0.2, 0.25) is 0 Å². The van der Waals surface area contributed by atoms with Gasteiger partial charge in [-0.2, -0.15) is 0 Å². The van der Waals surface area contributed by atoms with Crippen LogP contribution in [0.5, 0.6) is 0 Å². The Morgan fingerprint density at radius 2 is 2.43 bits per heavy atom. The van der Waals surface area contributed by atoms with Crippen LogP contribution in [0.15, 0.2) is 0 Å². The third kappa shape index (κ3) is 4.32. The van der Waals surface area contributed by atoms with Crippen molar-refractivity contribution in [1.29, 1.82) is 0 Å². The van der Waals surface area contributed by atoms with Gasteiger partial charge in [-0.1, -0.05) is 12.2 Å². The van der Waals surface area contributed by atoms with Gasteiger partial charge in [0.25, 0.3) is 0 Å². The Hall–Kier alpha value is -0.230. The summed E-state index contributed by atoms with van der Waals surface area (Å²) in [7, 11) is 0. The number of aliphatic hydroxyl groups excluding tert-OH is 1. The van der Waals surface area contributed by atoms with Crippen molar-refractivity contribution in [3.8, 4) is 0 Å². The van der Waals surface area contributed by atoms with Gasteiger partial charge in [0.15, 0.2) is 0 Å². The third-order valence-corrected chi connectivity index (χ3v) is 2.53. The molecular formula is C9H18N2O2S. The lowest BCUT2D eigenvalue weighted by molar-refractivity contribution is -0.0526. The lowest BCUT2D eigenvalue weighted by Crippen LogP contribution is -2.44. The molecule has 0 bridgehead atoms. The minimum absolute atomic E-state index is 0.0198. The fourth-order valence-electron chi connectivity index (χ4n) is 1.57. The summed E-state index contributed by atoms with van der Waals surface area (Å²) < 4.78 is 5.34. The van der Waals surface area contributed by atoms with E-state index in [1.165, 1.54) is 0 Å². The summed E-state index contributed by atoms with van der Waals surface area (Å²) in [4.78, 5) is 2.86. The number of hydrogen-bond acceptors (Lipinski definition) is 4. The molecule has 1 saturated heterocycles. The van der Waals surface area contributed by atoms with Crippen LogP contribution in [-0.2, 0) is 4.74 Å². The first-order valence-corrected chi connectivity index (χ1v) is 5.36. The summed E-state index contributed by atoms with van der Waals surface area (Å²) in [5.74, 6) is 0. The number of ether oxygens (including phenoxy) is 1. The van der Waals surface area contributed by atoms with Crippen molar-refractivity contribution in [3.05, 3.63) is 0 Å². The van der Waals surface area contributed by atoms with Gasteiger partial charge < -0.3 is 15.6 Å². The van der Waals surface area contributed by atoms with Gasteiger partial charge in [0.05, 0.1) is 24.3 Å². The highest BCUT2D eigenvalue weighted by molar-refractivity contribution is 7.80. The molecule has 1 atom stereocenters. The summed E-state index contributed by atoms with van der Waals surface area (Å²) >= 11 is 4.80. The predicted octanol–water partition coefficient (Wildman–Crippen LogP) is -0.254. The zero-order chi connectivity index (χ0) is 10.4. The largest absolute Gasteiger partial charge is 0.394 e. The van der Waals surface area contributed by atoms with Gasteiger partial charge >= 0.3 is 0 Å². The van der Waals surface area contributed by atoms with E-state index in [4.69, 9.17) is 27.8 Å². The van der Waals surface area contributed by atoms with Gasteiger partial charge in [-0.3, -0.25) is 4.90 Å². The Morgan fingerprint density at radius 3 is 3.07 bits per heavy atom. The molecule has 4 nitrogen and oxygen atoms in total. The van der Waals surface area contributed by atoms with E-state index in [0.717, 1.165) is 32.5 Å². The van der Waals surface area contributed by atoms with Gasteiger partial charge in [0, 0.05) is 13.1 Å². The quantitative estimate of drug-likeness (QED) is 0.623. The second kappa shape index (κ2) is 6.29. The predicted molar refractivity (Wildman–Crippen MR) is 59.3 cm³/mol. The molecule has 1 rings (SSSR count). The van der Waals surface area contributed by atoms with Crippen LogP contribution in [0, 0.1) is 0 Å². The van der Waals surface area contributed by atoms with Gasteiger partial charge in [-0.25, -0.2) is 0 Å². The molecule has 0 aromatic carbocycles. The molecular weight excluding hydrogens is 200 g/mol. The number of aliphatic hydroxyl groups is 1. The molecule has 1 aliphatic heterocycles. The summed E-state index contributed by atoms with van der Waals surface area (Å²) in [6.45, 7) is 3.54. The van der Waals surface area contributed by atoms with Crippen molar-refractivity contribution in [2.24, 2.45) is 5.73 Å². The van der Waals surface area contributed by atoms with E-state index >= 15 is 0 Å². The monoisotopic (exact) mass is 218 g/mol. The topological polar surface area (TPSA) is 58.7 Å². The molecule has 0 aromatic rings. The highest BCUT2D eigenvalue weighted by Crippen LogP contribution is 2.05. The number of nitrogens with two attached hydrogens (primary N) is 1. The summed E-state index contributed by atoms with van der Waals surface area (Å²) in [6, 6.07) is 0. The number of thiocarbonyl (C=S) groups is 1. The van der Waals surface area contributed by atoms with Crippen LogP contribution >= 0.6 is 12.2 Å². The molecule has 3 N–H and O–H groups in total. The maximum atomic E-state index is 8.93. The Morgan fingerprint density at radius 1 is 1.64 bits per heavy atom. The molecule has 5 heteroatoms. The summed E-state index contributed by atoms with van der Waals surface area (Å²) in [6.07, 6.45) is 1.78. The van der Waals surface area contributed by atoms with Crippen molar-refractivity contribution < 1.29 is 9.84 Å². The van der Waals surface area contributed by atoms with Crippen molar-refractivity contribution in [2.75, 3.05) is 32.8 Å². The average molecular weight is 218 g/mol. The van der Waals surface area contributed by atoms with E-state index < -0.39 is 0 Å². The van der Waals surface area contributed by atoms with Crippen molar-refractivity contribution >= 4 is 17.2 Å². The number of hydrogen-bond donors (Lipinski definition) is 2. The molecule has 82 valence electrons. The standard InChI is InChI=1S/C9H18N2O2S/c10-9(14)2-1-3-11-4-5-13-8(6-11)7-12/h8,12H,1-7H2,(H2,10,14). The second-order valence-corrected chi connectivity index (χ2v) is 4.07. The van der Waals surface area contributed by atoms with Crippen molar-refractivity contribution in [1.82, 2.24) is 4.90 Å². The van der Waals surface area contributed by atoms with Crippen molar-refractivity contribution in [3.63, 3.8) is 0 Å². The van der Waals surface area contributed by atoms with Gasteiger partial charge in [-0.05, 0) is 19.4 Å². The summed E-state index contributed by atoms with van der Waals surface area (Å²) in [5, 5.41) is 8.93. The van der Waals surface area contributed by atoms with Crippen LogP contribution in [0.1, 0.15) is 12.8 Å². The fourth-order valence-corrected chi connectivity index (χ4v) is 1.72. The molecule has 0 amide bonds. The Labute approximate surface area is 90.0 Å². The van der Waals surface area contributed by atoms with E-state index in [0.29, 0.717) is 11.6 Å². The van der Waals surface area contributed by atoms with Crippen molar-refractivity contribution in [2.45, 2.75) is 18.9 Å². The SMILES string of the molecule is NC(=S)CCCN1CCOC(CO)C1. The maximum absolute atomic E-state index is 8.93. The molecule has 0 spiro atoms. The molecule has 0 saturated carbocycles. The first-order valence-electron chi connectivity index (χ1n) is 4.95. The summed E-state index contributed by atoms with van der Waals surface area (Å²) in [5.41, 5.74) is 5.41. The smallest absolute Gasteiger partial charge is 0.0932 e. The normalized spacial score (nSPS) is 23.6. The number of morpholine rings is 1. The molecule has 0 aliphatic carbocycles. The zero-order valence-corrected chi connectivity index (χ0v) is 9.13. The average Bonchev–Trinajstić information content (AvgIpc) is 2.18. The number of nitrogens with zero attached hydrogens (tertiary/aromatic N) is 1. The highest BCUT2D eigenvalue weighted by Gasteiger charge is 2.18. The molecule has 1 fully saturated rings. The Bertz CT molecular complexity index is 190. The molecule has 14 heavy (non-hydrogen) atoms. The third-order valence-electron chi connectivity index (χ3n) is 2.32. The van der Waals surface area contributed by atoms with Gasteiger partial charge in [0.2, 0.25) is 0 Å². The van der Waals surface area contributed by atoms with E-state index in [1.54, 1.807) is 0 Å². The maximum Gasteiger partial charge on any atom is 0.0932 e. The molecule has 0 aromatic heterocycles. The van der Waals surface area contributed by atoms with Crippen LogP contribution < -0.4 is 5.73 Å².